The van der Waals surface area contributed by atoms with Crippen LogP contribution in [0.1, 0.15) is 33.6 Å². The van der Waals surface area contributed by atoms with Gasteiger partial charge in [0.15, 0.2) is 5.16 Å². The molecule has 1 amide bonds. The summed E-state index contributed by atoms with van der Waals surface area (Å²) in [5, 5.41) is 3.83. The van der Waals surface area contributed by atoms with Crippen LogP contribution < -0.4 is 10.9 Å². The molecule has 2 aromatic rings. The molecule has 0 aliphatic carbocycles. The van der Waals surface area contributed by atoms with Crippen LogP contribution in [0.2, 0.25) is 0 Å². The molecular weight excluding hydrogens is 310 g/mol. The first-order valence-electron chi connectivity index (χ1n) is 8.02. The SMILES string of the molecule is CCCCNC(=O)C(C)Sc1nc2ccccc2c(=O)n1CC. The van der Waals surface area contributed by atoms with Gasteiger partial charge in [0, 0.05) is 13.1 Å². The van der Waals surface area contributed by atoms with Gasteiger partial charge < -0.3 is 5.32 Å². The fraction of sp³-hybridized carbons (Fsp3) is 0.471. The van der Waals surface area contributed by atoms with Crippen molar-refractivity contribution in [3.8, 4) is 0 Å². The van der Waals surface area contributed by atoms with E-state index in [2.05, 4.69) is 17.2 Å². The number of hydrogen-bond acceptors (Lipinski definition) is 4. The van der Waals surface area contributed by atoms with E-state index in [1.54, 1.807) is 10.6 Å². The number of carbonyl (C=O) groups is 1. The molecular formula is C17H23N3O2S. The van der Waals surface area contributed by atoms with Gasteiger partial charge >= 0.3 is 0 Å². The highest BCUT2D eigenvalue weighted by Gasteiger charge is 2.18. The van der Waals surface area contributed by atoms with E-state index in [9.17, 15) is 9.59 Å². The summed E-state index contributed by atoms with van der Waals surface area (Å²) < 4.78 is 1.63. The summed E-state index contributed by atoms with van der Waals surface area (Å²) >= 11 is 1.33. The Kier molecular flexibility index (Phi) is 6.21. The van der Waals surface area contributed by atoms with Gasteiger partial charge in [-0.1, -0.05) is 37.2 Å². The average Bonchev–Trinajstić information content (AvgIpc) is 2.55. The molecule has 0 aliphatic rings. The van der Waals surface area contributed by atoms with Crippen LogP contribution >= 0.6 is 11.8 Å². The quantitative estimate of drug-likeness (QED) is 0.481. The minimum absolute atomic E-state index is 0.0199. The van der Waals surface area contributed by atoms with Crippen molar-refractivity contribution in [2.24, 2.45) is 0 Å². The average molecular weight is 333 g/mol. The number of nitrogens with zero attached hydrogens (tertiary/aromatic N) is 2. The maximum atomic E-state index is 12.6. The van der Waals surface area contributed by atoms with Gasteiger partial charge in [-0.15, -0.1) is 0 Å². The molecule has 0 fully saturated rings. The van der Waals surface area contributed by atoms with E-state index in [0.717, 1.165) is 12.8 Å². The molecule has 1 heterocycles. The highest BCUT2D eigenvalue weighted by Crippen LogP contribution is 2.22. The van der Waals surface area contributed by atoms with Crippen molar-refractivity contribution in [1.29, 1.82) is 0 Å². The molecule has 0 saturated heterocycles. The molecule has 2 rings (SSSR count). The number of benzene rings is 1. The summed E-state index contributed by atoms with van der Waals surface area (Å²) in [6, 6.07) is 7.31. The Morgan fingerprint density at radius 2 is 2.09 bits per heavy atom. The molecule has 0 radical (unpaired) electrons. The van der Waals surface area contributed by atoms with Gasteiger partial charge in [0.05, 0.1) is 16.2 Å². The zero-order valence-corrected chi connectivity index (χ0v) is 14.7. The Labute approximate surface area is 140 Å². The number of para-hydroxylation sites is 1. The molecule has 1 N–H and O–H groups in total. The van der Waals surface area contributed by atoms with E-state index in [1.165, 1.54) is 11.8 Å². The molecule has 0 saturated carbocycles. The largest absolute Gasteiger partial charge is 0.355 e. The Balaban J connectivity index is 2.25. The van der Waals surface area contributed by atoms with Gasteiger partial charge in [0.1, 0.15) is 0 Å². The van der Waals surface area contributed by atoms with Crippen LogP contribution in [0.15, 0.2) is 34.2 Å². The lowest BCUT2D eigenvalue weighted by Gasteiger charge is -2.15. The zero-order chi connectivity index (χ0) is 16.8. The lowest BCUT2D eigenvalue weighted by Crippen LogP contribution is -2.32. The molecule has 1 unspecified atom stereocenters. The van der Waals surface area contributed by atoms with Gasteiger partial charge in [0.25, 0.3) is 5.56 Å². The zero-order valence-electron chi connectivity index (χ0n) is 13.8. The maximum Gasteiger partial charge on any atom is 0.262 e. The molecule has 124 valence electrons. The van der Waals surface area contributed by atoms with Crippen LogP contribution in [0.5, 0.6) is 0 Å². The number of aromatic nitrogens is 2. The molecule has 1 atom stereocenters. The fourth-order valence-corrected chi connectivity index (χ4v) is 3.26. The van der Waals surface area contributed by atoms with E-state index < -0.39 is 0 Å². The number of rotatable bonds is 7. The predicted octanol–water partition coefficient (Wildman–Crippen LogP) is 2.81. The first-order valence-corrected chi connectivity index (χ1v) is 8.90. The first kappa shape index (κ1) is 17.5. The second kappa shape index (κ2) is 8.15. The number of amides is 1. The van der Waals surface area contributed by atoms with Crippen LogP contribution in [-0.4, -0.2) is 27.3 Å². The van der Waals surface area contributed by atoms with Gasteiger partial charge in [-0.3, -0.25) is 14.2 Å². The van der Waals surface area contributed by atoms with Crippen molar-refractivity contribution in [3.05, 3.63) is 34.6 Å². The summed E-state index contributed by atoms with van der Waals surface area (Å²) in [7, 11) is 0. The number of thioether (sulfide) groups is 1. The van der Waals surface area contributed by atoms with Crippen molar-refractivity contribution in [3.63, 3.8) is 0 Å². The second-order valence-electron chi connectivity index (χ2n) is 5.37. The van der Waals surface area contributed by atoms with Crippen molar-refractivity contribution < 1.29 is 4.79 Å². The number of unbranched alkanes of at least 4 members (excludes halogenated alkanes) is 1. The van der Waals surface area contributed by atoms with Gasteiger partial charge in [-0.2, -0.15) is 0 Å². The van der Waals surface area contributed by atoms with Crippen LogP contribution in [-0.2, 0) is 11.3 Å². The lowest BCUT2D eigenvalue weighted by atomic mass is 10.2. The molecule has 0 bridgehead atoms. The van der Waals surface area contributed by atoms with Gasteiger partial charge in [0.2, 0.25) is 5.91 Å². The normalized spacial score (nSPS) is 12.3. The second-order valence-corrected chi connectivity index (χ2v) is 6.67. The summed E-state index contributed by atoms with van der Waals surface area (Å²) in [6.07, 6.45) is 2.01. The summed E-state index contributed by atoms with van der Waals surface area (Å²) in [4.78, 5) is 29.2. The topological polar surface area (TPSA) is 64.0 Å². The van der Waals surface area contributed by atoms with E-state index in [0.29, 0.717) is 29.1 Å². The minimum Gasteiger partial charge on any atom is -0.355 e. The standard InChI is InChI=1S/C17H23N3O2S/c1-4-6-11-18-15(21)12(3)23-17-19-14-10-8-7-9-13(14)16(22)20(17)5-2/h7-10,12H,4-6,11H2,1-3H3,(H,18,21). The Morgan fingerprint density at radius 3 is 2.78 bits per heavy atom. The summed E-state index contributed by atoms with van der Waals surface area (Å²) in [5.74, 6) is -0.0199. The first-order chi connectivity index (χ1) is 11.1. The lowest BCUT2D eigenvalue weighted by molar-refractivity contribution is -0.120. The van der Waals surface area contributed by atoms with Crippen molar-refractivity contribution in [1.82, 2.24) is 14.9 Å². The number of carbonyl (C=O) groups excluding carboxylic acids is 1. The molecule has 0 spiro atoms. The van der Waals surface area contributed by atoms with Crippen molar-refractivity contribution in [2.45, 2.75) is 50.6 Å². The van der Waals surface area contributed by atoms with Crippen molar-refractivity contribution >= 4 is 28.6 Å². The van der Waals surface area contributed by atoms with Crippen LogP contribution in [0, 0.1) is 0 Å². The van der Waals surface area contributed by atoms with Crippen LogP contribution in [0.4, 0.5) is 0 Å². The third-order valence-corrected chi connectivity index (χ3v) is 4.71. The molecule has 6 heteroatoms. The van der Waals surface area contributed by atoms with Crippen LogP contribution in [0.3, 0.4) is 0 Å². The van der Waals surface area contributed by atoms with Gasteiger partial charge in [-0.05, 0) is 32.4 Å². The molecule has 1 aromatic carbocycles. The summed E-state index contributed by atoms with van der Waals surface area (Å²) in [5.41, 5.74) is 0.613. The van der Waals surface area contributed by atoms with E-state index in [-0.39, 0.29) is 16.7 Å². The maximum absolute atomic E-state index is 12.6. The van der Waals surface area contributed by atoms with Gasteiger partial charge in [-0.25, -0.2) is 4.98 Å². The Bertz CT molecular complexity index is 742. The monoisotopic (exact) mass is 333 g/mol. The molecule has 23 heavy (non-hydrogen) atoms. The molecule has 0 aliphatic heterocycles. The predicted molar refractivity (Wildman–Crippen MR) is 94.9 cm³/mol. The van der Waals surface area contributed by atoms with Crippen LogP contribution in [0.25, 0.3) is 10.9 Å². The minimum atomic E-state index is -0.294. The van der Waals surface area contributed by atoms with E-state index in [1.807, 2.05) is 32.0 Å². The third kappa shape index (κ3) is 4.13. The highest BCUT2D eigenvalue weighted by molar-refractivity contribution is 8.00. The number of nitrogens with one attached hydrogen (secondary N) is 1. The third-order valence-electron chi connectivity index (χ3n) is 3.62. The highest BCUT2D eigenvalue weighted by atomic mass is 32.2. The number of hydrogen-bond donors (Lipinski definition) is 1. The fourth-order valence-electron chi connectivity index (χ4n) is 2.26. The smallest absolute Gasteiger partial charge is 0.262 e. The molecule has 1 aromatic heterocycles. The Hall–Kier alpha value is -1.82. The molecule has 5 nitrogen and oxygen atoms in total. The number of fused-ring (bicyclic) bond motifs is 1. The van der Waals surface area contributed by atoms with Crippen molar-refractivity contribution in [2.75, 3.05) is 6.54 Å². The van der Waals surface area contributed by atoms with E-state index >= 15 is 0 Å². The summed E-state index contributed by atoms with van der Waals surface area (Å²) in [6.45, 7) is 7.06. The van der Waals surface area contributed by atoms with E-state index in [4.69, 9.17) is 0 Å². The Morgan fingerprint density at radius 1 is 1.35 bits per heavy atom.